The summed E-state index contributed by atoms with van der Waals surface area (Å²) in [7, 11) is 0. The lowest BCUT2D eigenvalue weighted by molar-refractivity contribution is 0.163. The molecule has 26 heavy (non-hydrogen) atoms. The first-order chi connectivity index (χ1) is 12.8. The van der Waals surface area contributed by atoms with Crippen LogP contribution in [0.25, 0.3) is 11.4 Å². The molecule has 1 aliphatic heterocycles. The largest absolute Gasteiger partial charge is 0.473 e. The molecule has 0 bridgehead atoms. The van der Waals surface area contributed by atoms with Crippen molar-refractivity contribution in [1.29, 1.82) is 0 Å². The van der Waals surface area contributed by atoms with Crippen molar-refractivity contribution in [3.05, 3.63) is 54.9 Å². The van der Waals surface area contributed by atoms with Gasteiger partial charge in [0.15, 0.2) is 5.82 Å². The maximum Gasteiger partial charge on any atom is 0.232 e. The van der Waals surface area contributed by atoms with E-state index in [9.17, 15) is 0 Å². The van der Waals surface area contributed by atoms with E-state index >= 15 is 0 Å². The van der Waals surface area contributed by atoms with E-state index in [-0.39, 0.29) is 6.10 Å². The summed E-state index contributed by atoms with van der Waals surface area (Å²) in [5.41, 5.74) is 1.94. The normalized spacial score (nSPS) is 15.0. The molecule has 0 amide bonds. The van der Waals surface area contributed by atoms with Gasteiger partial charge in [-0.2, -0.15) is 0 Å². The highest BCUT2D eigenvalue weighted by Crippen LogP contribution is 2.24. The zero-order valence-electron chi connectivity index (χ0n) is 14.6. The van der Waals surface area contributed by atoms with Crippen molar-refractivity contribution in [2.75, 3.05) is 18.0 Å². The summed E-state index contributed by atoms with van der Waals surface area (Å²) in [4.78, 5) is 23.9. The van der Waals surface area contributed by atoms with E-state index in [1.807, 2.05) is 25.1 Å². The smallest absolute Gasteiger partial charge is 0.232 e. The minimum Gasteiger partial charge on any atom is -0.473 e. The molecule has 7 heteroatoms. The quantitative estimate of drug-likeness (QED) is 0.717. The lowest BCUT2D eigenvalue weighted by Crippen LogP contribution is -2.39. The summed E-state index contributed by atoms with van der Waals surface area (Å²) in [6, 6.07) is 5.90. The highest BCUT2D eigenvalue weighted by Gasteiger charge is 2.22. The molecule has 0 unspecified atom stereocenters. The molecule has 1 aliphatic rings. The van der Waals surface area contributed by atoms with Gasteiger partial charge in [0.05, 0.1) is 6.20 Å². The Morgan fingerprint density at radius 3 is 2.54 bits per heavy atom. The van der Waals surface area contributed by atoms with Crippen molar-refractivity contribution in [3.8, 4) is 17.3 Å². The fourth-order valence-corrected chi connectivity index (χ4v) is 3.06. The van der Waals surface area contributed by atoms with Crippen molar-refractivity contribution < 1.29 is 4.74 Å². The number of ether oxygens (including phenoxy) is 1. The molecule has 1 fully saturated rings. The van der Waals surface area contributed by atoms with Gasteiger partial charge in [-0.15, -0.1) is 0 Å². The van der Waals surface area contributed by atoms with Crippen LogP contribution in [-0.4, -0.2) is 44.1 Å². The zero-order valence-corrected chi connectivity index (χ0v) is 14.6. The molecule has 0 radical (unpaired) electrons. The van der Waals surface area contributed by atoms with Gasteiger partial charge in [0.25, 0.3) is 0 Å². The second-order valence-corrected chi connectivity index (χ2v) is 6.27. The third-order valence-corrected chi connectivity index (χ3v) is 4.37. The summed E-state index contributed by atoms with van der Waals surface area (Å²) in [5, 5.41) is 0. The Kier molecular flexibility index (Phi) is 4.68. The van der Waals surface area contributed by atoms with Gasteiger partial charge in [0, 0.05) is 68.0 Å². The standard InChI is InChI=1S/C19H20N6O/c1-14-12-17(24-19(23-14)15-2-6-20-7-3-15)25-10-4-16(5-11-25)26-18-13-21-8-9-22-18/h2-3,6-9,12-13,16H,4-5,10-11H2,1H3. The molecular formula is C19H20N6O. The summed E-state index contributed by atoms with van der Waals surface area (Å²) in [6.45, 7) is 3.77. The Morgan fingerprint density at radius 2 is 1.81 bits per heavy atom. The first-order valence-electron chi connectivity index (χ1n) is 8.71. The molecule has 7 nitrogen and oxygen atoms in total. The highest BCUT2D eigenvalue weighted by atomic mass is 16.5. The monoisotopic (exact) mass is 348 g/mol. The van der Waals surface area contributed by atoms with Crippen molar-refractivity contribution in [1.82, 2.24) is 24.9 Å². The number of aryl methyl sites for hydroxylation is 1. The number of rotatable bonds is 4. The topological polar surface area (TPSA) is 76.9 Å². The van der Waals surface area contributed by atoms with Gasteiger partial charge in [-0.1, -0.05) is 0 Å². The molecule has 0 atom stereocenters. The predicted molar refractivity (Wildman–Crippen MR) is 97.9 cm³/mol. The molecule has 0 aromatic carbocycles. The third-order valence-electron chi connectivity index (χ3n) is 4.37. The van der Waals surface area contributed by atoms with Crippen LogP contribution in [0.2, 0.25) is 0 Å². The molecule has 4 rings (SSSR count). The first-order valence-corrected chi connectivity index (χ1v) is 8.71. The van der Waals surface area contributed by atoms with Crippen molar-refractivity contribution in [3.63, 3.8) is 0 Å². The fourth-order valence-electron chi connectivity index (χ4n) is 3.06. The third kappa shape index (κ3) is 3.77. The SMILES string of the molecule is Cc1cc(N2CCC(Oc3cnccn3)CC2)nc(-c2ccncc2)n1. The maximum absolute atomic E-state index is 5.92. The van der Waals surface area contributed by atoms with Crippen LogP contribution in [-0.2, 0) is 0 Å². The highest BCUT2D eigenvalue weighted by molar-refractivity contribution is 5.57. The van der Waals surface area contributed by atoms with Gasteiger partial charge < -0.3 is 9.64 Å². The molecule has 3 aromatic rings. The van der Waals surface area contributed by atoms with Crippen LogP contribution in [0.3, 0.4) is 0 Å². The Hall–Kier alpha value is -3.09. The molecule has 0 spiro atoms. The molecule has 0 aliphatic carbocycles. The Balaban J connectivity index is 1.45. The van der Waals surface area contributed by atoms with Crippen molar-refractivity contribution in [2.24, 2.45) is 0 Å². The van der Waals surface area contributed by atoms with Crippen LogP contribution in [0.1, 0.15) is 18.5 Å². The van der Waals surface area contributed by atoms with Crippen molar-refractivity contribution >= 4 is 5.82 Å². The van der Waals surface area contributed by atoms with E-state index in [1.54, 1.807) is 31.0 Å². The van der Waals surface area contributed by atoms with Gasteiger partial charge in [0.1, 0.15) is 11.9 Å². The lowest BCUT2D eigenvalue weighted by atomic mass is 10.1. The Bertz CT molecular complexity index is 850. The molecule has 132 valence electrons. The minimum absolute atomic E-state index is 0.158. The minimum atomic E-state index is 0.158. The van der Waals surface area contributed by atoms with E-state index in [1.165, 1.54) is 0 Å². The van der Waals surface area contributed by atoms with E-state index in [0.29, 0.717) is 5.88 Å². The summed E-state index contributed by atoms with van der Waals surface area (Å²) < 4.78 is 5.92. The predicted octanol–water partition coefficient (Wildman–Crippen LogP) is 2.68. The second-order valence-electron chi connectivity index (χ2n) is 6.27. The number of pyridine rings is 1. The molecule has 4 heterocycles. The summed E-state index contributed by atoms with van der Waals surface area (Å²) >= 11 is 0. The van der Waals surface area contributed by atoms with E-state index in [2.05, 4.69) is 24.8 Å². The average molecular weight is 348 g/mol. The number of anilines is 1. The molecule has 3 aromatic heterocycles. The number of hydrogen-bond acceptors (Lipinski definition) is 7. The van der Waals surface area contributed by atoms with Gasteiger partial charge in [-0.3, -0.25) is 9.97 Å². The van der Waals surface area contributed by atoms with Gasteiger partial charge in [-0.25, -0.2) is 15.0 Å². The van der Waals surface area contributed by atoms with Crippen LogP contribution in [0.5, 0.6) is 5.88 Å². The zero-order chi connectivity index (χ0) is 17.8. The summed E-state index contributed by atoms with van der Waals surface area (Å²) in [5.74, 6) is 2.28. The first kappa shape index (κ1) is 16.4. The van der Waals surface area contributed by atoms with Crippen LogP contribution < -0.4 is 9.64 Å². The molecule has 0 saturated carbocycles. The molecule has 0 N–H and O–H groups in total. The van der Waals surface area contributed by atoms with Crippen molar-refractivity contribution in [2.45, 2.75) is 25.9 Å². The number of nitrogens with zero attached hydrogens (tertiary/aromatic N) is 6. The molecular weight excluding hydrogens is 328 g/mol. The lowest BCUT2D eigenvalue weighted by Gasteiger charge is -2.32. The number of aromatic nitrogens is 5. The van der Waals surface area contributed by atoms with Gasteiger partial charge in [0.2, 0.25) is 5.88 Å². The fraction of sp³-hybridized carbons (Fsp3) is 0.316. The van der Waals surface area contributed by atoms with E-state index in [0.717, 1.165) is 48.8 Å². The van der Waals surface area contributed by atoms with E-state index < -0.39 is 0 Å². The van der Waals surface area contributed by atoms with Crippen LogP contribution in [0.4, 0.5) is 5.82 Å². The van der Waals surface area contributed by atoms with Crippen LogP contribution in [0, 0.1) is 6.92 Å². The van der Waals surface area contributed by atoms with E-state index in [4.69, 9.17) is 9.72 Å². The number of piperidine rings is 1. The molecule has 1 saturated heterocycles. The van der Waals surface area contributed by atoms with Gasteiger partial charge >= 0.3 is 0 Å². The van der Waals surface area contributed by atoms with Crippen LogP contribution >= 0.6 is 0 Å². The Morgan fingerprint density at radius 1 is 1.00 bits per heavy atom. The Labute approximate surface area is 152 Å². The van der Waals surface area contributed by atoms with Gasteiger partial charge in [-0.05, 0) is 19.1 Å². The number of hydrogen-bond donors (Lipinski definition) is 0. The average Bonchev–Trinajstić information content (AvgIpc) is 2.70. The summed E-state index contributed by atoms with van der Waals surface area (Å²) in [6.07, 6.45) is 10.5. The maximum atomic E-state index is 5.92. The van der Waals surface area contributed by atoms with Crippen LogP contribution in [0.15, 0.2) is 49.2 Å². The second kappa shape index (κ2) is 7.43.